The van der Waals surface area contributed by atoms with Crippen molar-refractivity contribution in [3.05, 3.63) is 95.7 Å². The summed E-state index contributed by atoms with van der Waals surface area (Å²) in [5.41, 5.74) is 1.66. The number of nitrogens with one attached hydrogen (secondary N) is 1. The van der Waals surface area contributed by atoms with Gasteiger partial charge in [0.2, 0.25) is 11.8 Å². The minimum Gasteiger partial charge on any atom is -0.478 e. The van der Waals surface area contributed by atoms with Gasteiger partial charge in [0.15, 0.2) is 5.78 Å². The molecule has 0 saturated carbocycles. The van der Waals surface area contributed by atoms with E-state index in [1.54, 1.807) is 36.5 Å². The molecule has 7 heteroatoms. The molecule has 0 aliphatic rings. The van der Waals surface area contributed by atoms with E-state index in [2.05, 4.69) is 10.3 Å². The van der Waals surface area contributed by atoms with E-state index in [1.165, 1.54) is 6.07 Å². The standard InChI is InChI=1S/C30H28N2O5/c1-3-20(4-2)29(34)23-11-10-22-17-24(13-12-21(22)16-23)37-28-14-9-19(18-31-28)15-27(33)32-26-8-6-5-7-25(26)30(35)36/h5-14,16-18,20H,3-4,15H2,1-2H3,(H,32,33)(H,35,36). The largest absolute Gasteiger partial charge is 0.478 e. The summed E-state index contributed by atoms with van der Waals surface area (Å²) in [7, 11) is 0. The number of amides is 1. The molecule has 0 bridgehead atoms. The highest BCUT2D eigenvalue weighted by molar-refractivity contribution is 6.02. The fourth-order valence-electron chi connectivity index (χ4n) is 4.19. The number of carboxylic acids is 1. The predicted octanol–water partition coefficient (Wildman–Crippen LogP) is 6.53. The van der Waals surface area contributed by atoms with Crippen LogP contribution in [-0.2, 0) is 11.2 Å². The van der Waals surface area contributed by atoms with E-state index in [0.717, 1.165) is 29.2 Å². The van der Waals surface area contributed by atoms with Crippen LogP contribution in [0.4, 0.5) is 5.69 Å². The third-order valence-corrected chi connectivity index (χ3v) is 6.27. The zero-order valence-electron chi connectivity index (χ0n) is 20.7. The molecule has 7 nitrogen and oxygen atoms in total. The number of hydrogen-bond acceptors (Lipinski definition) is 5. The van der Waals surface area contributed by atoms with E-state index in [-0.39, 0.29) is 35.3 Å². The highest BCUT2D eigenvalue weighted by Gasteiger charge is 2.17. The number of Topliss-reactive ketones (excluding diaryl/α,β-unsaturated/α-hetero) is 1. The fraction of sp³-hybridized carbons (Fsp3) is 0.200. The molecule has 0 spiro atoms. The lowest BCUT2D eigenvalue weighted by Gasteiger charge is -2.12. The van der Waals surface area contributed by atoms with Gasteiger partial charge in [-0.2, -0.15) is 0 Å². The van der Waals surface area contributed by atoms with Gasteiger partial charge in [-0.05, 0) is 59.5 Å². The molecule has 1 amide bonds. The Bertz CT molecular complexity index is 1440. The Labute approximate surface area is 215 Å². The van der Waals surface area contributed by atoms with Crippen molar-refractivity contribution in [2.45, 2.75) is 33.1 Å². The van der Waals surface area contributed by atoms with Gasteiger partial charge in [-0.3, -0.25) is 9.59 Å². The smallest absolute Gasteiger partial charge is 0.337 e. The van der Waals surface area contributed by atoms with Crippen LogP contribution in [0.3, 0.4) is 0 Å². The van der Waals surface area contributed by atoms with Crippen LogP contribution in [0.15, 0.2) is 79.0 Å². The third kappa shape index (κ3) is 6.19. The Balaban J connectivity index is 1.40. The van der Waals surface area contributed by atoms with Gasteiger partial charge in [0, 0.05) is 23.7 Å². The van der Waals surface area contributed by atoms with Gasteiger partial charge in [-0.15, -0.1) is 0 Å². The lowest BCUT2D eigenvalue weighted by atomic mass is 9.92. The van der Waals surface area contributed by atoms with E-state index in [1.807, 2.05) is 50.2 Å². The normalized spacial score (nSPS) is 10.9. The van der Waals surface area contributed by atoms with Crippen molar-refractivity contribution in [3.8, 4) is 11.6 Å². The van der Waals surface area contributed by atoms with E-state index in [9.17, 15) is 19.5 Å². The number of pyridine rings is 1. The number of ether oxygens (including phenoxy) is 1. The van der Waals surface area contributed by atoms with Crippen LogP contribution in [0.2, 0.25) is 0 Å². The number of hydrogen-bond donors (Lipinski definition) is 2. The summed E-state index contributed by atoms with van der Waals surface area (Å²) in [6.45, 7) is 4.07. The summed E-state index contributed by atoms with van der Waals surface area (Å²) >= 11 is 0. The van der Waals surface area contributed by atoms with Crippen molar-refractivity contribution in [2.75, 3.05) is 5.32 Å². The molecule has 37 heavy (non-hydrogen) atoms. The molecule has 4 aromatic rings. The SMILES string of the molecule is CCC(CC)C(=O)c1ccc2cc(Oc3ccc(CC(=O)Nc4ccccc4C(=O)O)cn3)ccc2c1. The zero-order valence-corrected chi connectivity index (χ0v) is 20.7. The minimum atomic E-state index is -1.11. The molecule has 0 fully saturated rings. The first kappa shape index (κ1) is 25.6. The average molecular weight is 497 g/mol. The molecule has 2 N–H and O–H groups in total. The summed E-state index contributed by atoms with van der Waals surface area (Å²) in [5, 5.41) is 13.8. The number of carbonyl (C=O) groups is 3. The minimum absolute atomic E-state index is 0.0297. The molecule has 4 rings (SSSR count). The van der Waals surface area contributed by atoms with Crippen molar-refractivity contribution in [1.82, 2.24) is 4.98 Å². The lowest BCUT2D eigenvalue weighted by molar-refractivity contribution is -0.115. The predicted molar refractivity (Wildman–Crippen MR) is 142 cm³/mol. The molecule has 0 radical (unpaired) electrons. The van der Waals surface area contributed by atoms with Crippen LogP contribution < -0.4 is 10.1 Å². The summed E-state index contributed by atoms with van der Waals surface area (Å²) < 4.78 is 5.89. The number of aromatic nitrogens is 1. The number of nitrogens with zero attached hydrogens (tertiary/aromatic N) is 1. The summed E-state index contributed by atoms with van der Waals surface area (Å²) in [6, 6.07) is 21.0. The van der Waals surface area contributed by atoms with E-state index in [4.69, 9.17) is 4.74 Å². The lowest BCUT2D eigenvalue weighted by Crippen LogP contribution is -2.16. The molecule has 188 valence electrons. The Morgan fingerprint density at radius 3 is 2.35 bits per heavy atom. The van der Waals surface area contributed by atoms with E-state index < -0.39 is 5.97 Å². The molecule has 1 aromatic heterocycles. The molecular formula is C30H28N2O5. The number of fused-ring (bicyclic) bond motifs is 1. The molecule has 0 unspecified atom stereocenters. The van der Waals surface area contributed by atoms with Gasteiger partial charge in [0.1, 0.15) is 5.75 Å². The maximum Gasteiger partial charge on any atom is 0.337 e. The second kappa shape index (κ2) is 11.5. The van der Waals surface area contributed by atoms with Crippen molar-refractivity contribution >= 4 is 34.1 Å². The van der Waals surface area contributed by atoms with Crippen molar-refractivity contribution < 1.29 is 24.2 Å². The summed E-state index contributed by atoms with van der Waals surface area (Å²) in [6.07, 6.45) is 3.24. The number of carbonyl (C=O) groups excluding carboxylic acids is 2. The maximum absolute atomic E-state index is 12.7. The van der Waals surface area contributed by atoms with Gasteiger partial charge in [-0.1, -0.05) is 50.2 Å². The first-order valence-corrected chi connectivity index (χ1v) is 12.2. The second-order valence-corrected chi connectivity index (χ2v) is 8.78. The maximum atomic E-state index is 12.7. The molecule has 0 saturated heterocycles. The van der Waals surface area contributed by atoms with Gasteiger partial charge < -0.3 is 15.2 Å². The van der Waals surface area contributed by atoms with Crippen LogP contribution in [0.1, 0.15) is 53.0 Å². The molecular weight excluding hydrogens is 468 g/mol. The van der Waals surface area contributed by atoms with Crippen molar-refractivity contribution in [1.29, 1.82) is 0 Å². The van der Waals surface area contributed by atoms with Crippen LogP contribution in [0.5, 0.6) is 11.6 Å². The third-order valence-electron chi connectivity index (χ3n) is 6.27. The Kier molecular flexibility index (Phi) is 7.93. The molecule has 0 atom stereocenters. The van der Waals surface area contributed by atoms with Gasteiger partial charge in [-0.25, -0.2) is 9.78 Å². The number of rotatable bonds is 10. The van der Waals surface area contributed by atoms with Crippen LogP contribution in [-0.4, -0.2) is 27.8 Å². The fourth-order valence-corrected chi connectivity index (χ4v) is 4.19. The van der Waals surface area contributed by atoms with Crippen molar-refractivity contribution in [3.63, 3.8) is 0 Å². The highest BCUT2D eigenvalue weighted by Crippen LogP contribution is 2.27. The number of anilines is 1. The number of ketones is 1. The number of aromatic carboxylic acids is 1. The average Bonchev–Trinajstić information content (AvgIpc) is 2.90. The van der Waals surface area contributed by atoms with Gasteiger partial charge in [0.25, 0.3) is 0 Å². The number of carboxylic acid groups (broad SMARTS) is 1. The molecule has 0 aliphatic carbocycles. The monoisotopic (exact) mass is 496 g/mol. The topological polar surface area (TPSA) is 106 Å². The van der Waals surface area contributed by atoms with E-state index >= 15 is 0 Å². The van der Waals surface area contributed by atoms with Crippen LogP contribution in [0, 0.1) is 5.92 Å². The van der Waals surface area contributed by atoms with Crippen LogP contribution in [0.25, 0.3) is 10.8 Å². The summed E-state index contributed by atoms with van der Waals surface area (Å²) in [4.78, 5) is 40.7. The summed E-state index contributed by atoms with van der Waals surface area (Å²) in [5.74, 6) is -0.254. The van der Waals surface area contributed by atoms with Crippen molar-refractivity contribution in [2.24, 2.45) is 5.92 Å². The highest BCUT2D eigenvalue weighted by atomic mass is 16.5. The second-order valence-electron chi connectivity index (χ2n) is 8.78. The molecule has 1 heterocycles. The zero-order chi connectivity index (χ0) is 26.4. The van der Waals surface area contributed by atoms with Gasteiger partial charge in [0.05, 0.1) is 17.7 Å². The molecule has 3 aromatic carbocycles. The van der Waals surface area contributed by atoms with E-state index in [0.29, 0.717) is 17.2 Å². The Morgan fingerprint density at radius 1 is 0.919 bits per heavy atom. The number of benzene rings is 3. The Hall–Kier alpha value is -4.52. The first-order chi connectivity index (χ1) is 17.9. The molecule has 0 aliphatic heterocycles. The van der Waals surface area contributed by atoms with Gasteiger partial charge >= 0.3 is 5.97 Å². The quantitative estimate of drug-likeness (QED) is 0.242. The first-order valence-electron chi connectivity index (χ1n) is 12.2. The Morgan fingerprint density at radius 2 is 1.65 bits per heavy atom. The number of para-hydroxylation sites is 1. The van der Waals surface area contributed by atoms with Crippen LogP contribution >= 0.6 is 0 Å².